The molecule has 0 saturated heterocycles. The van der Waals surface area contributed by atoms with Gasteiger partial charge in [0.2, 0.25) is 0 Å². The number of phosphoric acid groups is 1. The second-order valence-corrected chi connectivity index (χ2v) is 3.96. The second kappa shape index (κ2) is 5.16. The largest absolute Gasteiger partial charge is 0.480 e. The van der Waals surface area contributed by atoms with Crippen LogP contribution in [0.4, 0.5) is 0 Å². The third-order valence-corrected chi connectivity index (χ3v) is 2.38. The molecule has 0 unspecified atom stereocenters. The summed E-state index contributed by atoms with van der Waals surface area (Å²) >= 11 is 0.822. The maximum Gasteiger partial charge on any atom is 0.480 e. The van der Waals surface area contributed by atoms with Gasteiger partial charge < -0.3 is 9.79 Å². The first-order valence-electron chi connectivity index (χ1n) is 2.93. The highest BCUT2D eigenvalue weighted by atomic mass is 32.2. The quantitative estimate of drug-likeness (QED) is 0.387. The van der Waals surface area contributed by atoms with Gasteiger partial charge in [-0.05, 0) is 6.42 Å². The predicted octanol–water partition coefficient (Wildman–Crippen LogP) is 1.54. The highest BCUT2D eigenvalue weighted by molar-refractivity contribution is 7.97. The van der Waals surface area contributed by atoms with Crippen LogP contribution in [0.15, 0.2) is 0 Å². The summed E-state index contributed by atoms with van der Waals surface area (Å²) in [5.41, 5.74) is 0. The van der Waals surface area contributed by atoms with Gasteiger partial charge in [0.15, 0.2) is 0 Å². The van der Waals surface area contributed by atoms with Gasteiger partial charge in [-0.3, -0.25) is 0 Å². The van der Waals surface area contributed by atoms with E-state index in [0.717, 1.165) is 24.9 Å². The Kier molecular flexibility index (Phi) is 5.39. The molecule has 2 N–H and O–H groups in total. The third-order valence-electron chi connectivity index (χ3n) is 0.731. The number of hydrogen-bond acceptors (Lipinski definition) is 3. The molecule has 10 heavy (non-hydrogen) atoms. The third kappa shape index (κ3) is 8.46. The van der Waals surface area contributed by atoms with E-state index in [0.29, 0.717) is 5.75 Å². The van der Waals surface area contributed by atoms with Gasteiger partial charge in [0.1, 0.15) is 0 Å². The van der Waals surface area contributed by atoms with Gasteiger partial charge in [0, 0.05) is 17.8 Å². The molecule has 62 valence electrons. The molecule has 0 fully saturated rings. The number of hydrogen-bond donors (Lipinski definition) is 2. The zero-order chi connectivity index (χ0) is 8.04. The van der Waals surface area contributed by atoms with Gasteiger partial charge in [-0.25, -0.2) is 8.54 Å². The smallest absolute Gasteiger partial charge is 0.302 e. The Balaban J connectivity index is 3.13. The van der Waals surface area contributed by atoms with Crippen LogP contribution < -0.4 is 0 Å². The van der Waals surface area contributed by atoms with Gasteiger partial charge in [-0.15, -0.1) is 0 Å². The van der Waals surface area contributed by atoms with Crippen LogP contribution in [0.25, 0.3) is 0 Å². The normalized spacial score (nSPS) is 11.9. The fourth-order valence-electron chi connectivity index (χ4n) is 0.309. The SMILES string of the molecule is CCCCSOP(=O)(O)O. The van der Waals surface area contributed by atoms with Crippen LogP contribution in [0.3, 0.4) is 0 Å². The van der Waals surface area contributed by atoms with E-state index in [-0.39, 0.29) is 0 Å². The first-order chi connectivity index (χ1) is 4.56. The molecule has 4 nitrogen and oxygen atoms in total. The van der Waals surface area contributed by atoms with Gasteiger partial charge >= 0.3 is 7.82 Å². The molecule has 0 rings (SSSR count). The minimum Gasteiger partial charge on any atom is -0.302 e. The Bertz CT molecular complexity index is 122. The molecule has 0 spiro atoms. The zero-order valence-electron chi connectivity index (χ0n) is 5.69. The van der Waals surface area contributed by atoms with Crippen LogP contribution in [0, 0.1) is 0 Å². The minimum atomic E-state index is -4.24. The summed E-state index contributed by atoms with van der Waals surface area (Å²) in [6.45, 7) is 2.00. The van der Waals surface area contributed by atoms with Crippen molar-refractivity contribution >= 4 is 19.9 Å². The van der Waals surface area contributed by atoms with Crippen molar-refractivity contribution in [1.29, 1.82) is 0 Å². The van der Waals surface area contributed by atoms with E-state index >= 15 is 0 Å². The average Bonchev–Trinajstić information content (AvgIpc) is 1.78. The summed E-state index contributed by atoms with van der Waals surface area (Å²) in [4.78, 5) is 16.4. The van der Waals surface area contributed by atoms with Gasteiger partial charge in [-0.2, -0.15) is 0 Å². The van der Waals surface area contributed by atoms with Crippen molar-refractivity contribution in [2.45, 2.75) is 19.8 Å². The van der Waals surface area contributed by atoms with Crippen molar-refractivity contribution in [1.82, 2.24) is 0 Å². The molecule has 0 aliphatic rings. The van der Waals surface area contributed by atoms with E-state index < -0.39 is 7.82 Å². The molecular weight excluding hydrogens is 175 g/mol. The monoisotopic (exact) mass is 186 g/mol. The molecule has 6 heteroatoms. The van der Waals surface area contributed by atoms with Crippen molar-refractivity contribution in [3.05, 3.63) is 0 Å². The first-order valence-corrected chi connectivity index (χ1v) is 5.37. The molecule has 0 heterocycles. The highest BCUT2D eigenvalue weighted by Crippen LogP contribution is 2.40. The summed E-state index contributed by atoms with van der Waals surface area (Å²) < 4.78 is 14.2. The van der Waals surface area contributed by atoms with Gasteiger partial charge in [0.25, 0.3) is 0 Å². The summed E-state index contributed by atoms with van der Waals surface area (Å²) in [7, 11) is -4.24. The summed E-state index contributed by atoms with van der Waals surface area (Å²) in [6, 6.07) is 0. The van der Waals surface area contributed by atoms with Crippen LogP contribution in [0.5, 0.6) is 0 Å². The van der Waals surface area contributed by atoms with Crippen LogP contribution in [-0.2, 0) is 8.54 Å². The van der Waals surface area contributed by atoms with Crippen LogP contribution >= 0.6 is 19.9 Å². The molecular formula is C4H11O4PS. The Labute approximate surface area is 64.4 Å². The summed E-state index contributed by atoms with van der Waals surface area (Å²) in [6.07, 6.45) is 1.90. The van der Waals surface area contributed by atoms with E-state index in [2.05, 4.69) is 3.97 Å². The Morgan fingerprint density at radius 1 is 1.60 bits per heavy atom. The minimum absolute atomic E-state index is 0.627. The van der Waals surface area contributed by atoms with E-state index in [1.165, 1.54) is 0 Å². The maximum absolute atomic E-state index is 10.0. The molecule has 0 aliphatic heterocycles. The Morgan fingerprint density at radius 3 is 2.60 bits per heavy atom. The molecule has 0 aromatic heterocycles. The van der Waals surface area contributed by atoms with E-state index in [1.54, 1.807) is 0 Å². The number of rotatable bonds is 5. The standard InChI is InChI=1S/C4H11O4PS/c1-2-3-4-10-8-9(5,6)7/h2-4H2,1H3,(H2,5,6,7). The second-order valence-electron chi connectivity index (χ2n) is 1.74. The van der Waals surface area contributed by atoms with Crippen molar-refractivity contribution in [3.63, 3.8) is 0 Å². The van der Waals surface area contributed by atoms with E-state index in [9.17, 15) is 4.57 Å². The van der Waals surface area contributed by atoms with Crippen molar-refractivity contribution in [2.75, 3.05) is 5.75 Å². The van der Waals surface area contributed by atoms with E-state index in [4.69, 9.17) is 9.79 Å². The topological polar surface area (TPSA) is 66.8 Å². The average molecular weight is 186 g/mol. The fraction of sp³-hybridized carbons (Fsp3) is 1.00. The summed E-state index contributed by atoms with van der Waals surface area (Å²) in [5.74, 6) is 0.627. The molecule has 0 aliphatic carbocycles. The lowest BCUT2D eigenvalue weighted by molar-refractivity contribution is 0.298. The van der Waals surface area contributed by atoms with Crippen LogP contribution in [0.1, 0.15) is 19.8 Å². The Hall–Kier alpha value is 0.460. The molecule has 0 radical (unpaired) electrons. The maximum atomic E-state index is 10.0. The van der Waals surface area contributed by atoms with E-state index in [1.807, 2.05) is 6.92 Å². The molecule has 0 amide bonds. The molecule has 0 saturated carbocycles. The van der Waals surface area contributed by atoms with Crippen LogP contribution in [0.2, 0.25) is 0 Å². The molecule has 0 aromatic rings. The molecule has 0 aromatic carbocycles. The van der Waals surface area contributed by atoms with Gasteiger partial charge in [0.05, 0.1) is 0 Å². The summed E-state index contributed by atoms with van der Waals surface area (Å²) in [5, 5.41) is 0. The predicted molar refractivity (Wildman–Crippen MR) is 40.5 cm³/mol. The Morgan fingerprint density at radius 2 is 2.20 bits per heavy atom. The zero-order valence-corrected chi connectivity index (χ0v) is 7.40. The fourth-order valence-corrected chi connectivity index (χ4v) is 1.56. The van der Waals surface area contributed by atoms with Crippen molar-refractivity contribution in [2.24, 2.45) is 0 Å². The molecule has 0 atom stereocenters. The van der Waals surface area contributed by atoms with Crippen molar-refractivity contribution < 1.29 is 18.3 Å². The lowest BCUT2D eigenvalue weighted by Gasteiger charge is -2.01. The lowest BCUT2D eigenvalue weighted by Crippen LogP contribution is -1.81. The van der Waals surface area contributed by atoms with Gasteiger partial charge in [-0.1, -0.05) is 13.3 Å². The lowest BCUT2D eigenvalue weighted by atomic mass is 10.4. The van der Waals surface area contributed by atoms with Crippen molar-refractivity contribution in [3.8, 4) is 0 Å². The highest BCUT2D eigenvalue weighted by Gasteiger charge is 2.13. The molecule has 0 bridgehead atoms. The first kappa shape index (κ1) is 10.5. The number of unbranched alkanes of at least 4 members (excludes halogenated alkanes) is 1. The van der Waals surface area contributed by atoms with Crippen LogP contribution in [-0.4, -0.2) is 15.5 Å².